The van der Waals surface area contributed by atoms with Crippen LogP contribution in [-0.2, 0) is 5.41 Å². The maximum Gasteiger partial charge on any atom is 0.0742 e. The van der Waals surface area contributed by atoms with Crippen molar-refractivity contribution in [2.75, 3.05) is 4.90 Å². The van der Waals surface area contributed by atoms with Gasteiger partial charge in [-0.2, -0.15) is 0 Å². The topological polar surface area (TPSA) is 3.24 Å². The molecule has 0 saturated carbocycles. The normalized spacial score (nSPS) is 15.7. The predicted molar refractivity (Wildman–Crippen MR) is 198 cm³/mol. The van der Waals surface area contributed by atoms with Crippen LogP contribution in [0.15, 0.2) is 186 Å². The van der Waals surface area contributed by atoms with Crippen molar-refractivity contribution in [1.29, 1.82) is 0 Å². The van der Waals surface area contributed by atoms with Crippen LogP contribution in [0.25, 0.3) is 32.7 Å². The monoisotopic (exact) mass is 615 g/mol. The fourth-order valence-electron chi connectivity index (χ4n) is 8.22. The van der Waals surface area contributed by atoms with Crippen LogP contribution in [-0.4, -0.2) is 0 Å². The number of anilines is 3. The molecule has 1 aliphatic heterocycles. The molecule has 0 aromatic heterocycles. The summed E-state index contributed by atoms with van der Waals surface area (Å²) in [6.07, 6.45) is 0. The van der Waals surface area contributed by atoms with E-state index in [9.17, 15) is 0 Å². The van der Waals surface area contributed by atoms with Gasteiger partial charge in [-0.25, -0.2) is 0 Å². The van der Waals surface area contributed by atoms with Crippen molar-refractivity contribution < 1.29 is 0 Å². The third-order valence-corrected chi connectivity index (χ3v) is 11.2. The molecule has 0 amide bonds. The summed E-state index contributed by atoms with van der Waals surface area (Å²) in [5.74, 6) is 0. The van der Waals surface area contributed by atoms with Crippen molar-refractivity contribution in [2.24, 2.45) is 0 Å². The van der Waals surface area contributed by atoms with Gasteiger partial charge < -0.3 is 4.90 Å². The van der Waals surface area contributed by atoms with E-state index in [0.29, 0.717) is 0 Å². The molecule has 10 rings (SSSR count). The first-order valence-corrected chi connectivity index (χ1v) is 17.0. The summed E-state index contributed by atoms with van der Waals surface area (Å²) in [6, 6.07) is 65.0. The van der Waals surface area contributed by atoms with E-state index in [1.165, 1.54) is 70.4 Å². The Hall–Kier alpha value is -5.57. The third kappa shape index (κ3) is 3.74. The van der Waals surface area contributed by atoms with Gasteiger partial charge in [0.25, 0.3) is 0 Å². The zero-order valence-corrected chi connectivity index (χ0v) is 26.4. The van der Waals surface area contributed by atoms with Crippen molar-refractivity contribution >= 4 is 50.4 Å². The Balaban J connectivity index is 1.34. The Morgan fingerprint density at radius 1 is 0.404 bits per heavy atom. The minimum atomic E-state index is -0.471. The number of para-hydroxylation sites is 1. The lowest BCUT2D eigenvalue weighted by molar-refractivity contribution is 0.730. The van der Waals surface area contributed by atoms with Crippen LogP contribution in [0.5, 0.6) is 0 Å². The molecule has 1 unspecified atom stereocenters. The van der Waals surface area contributed by atoms with Gasteiger partial charge in [-0.15, -0.1) is 0 Å². The van der Waals surface area contributed by atoms with Gasteiger partial charge in [0.05, 0.1) is 11.1 Å². The van der Waals surface area contributed by atoms with E-state index in [1.54, 1.807) is 0 Å². The van der Waals surface area contributed by atoms with E-state index in [1.807, 2.05) is 11.8 Å². The van der Waals surface area contributed by atoms with Crippen molar-refractivity contribution in [3.8, 4) is 11.1 Å². The molecule has 1 aliphatic carbocycles. The lowest BCUT2D eigenvalue weighted by Crippen LogP contribution is -2.32. The van der Waals surface area contributed by atoms with Crippen LogP contribution in [0, 0.1) is 0 Å². The minimum absolute atomic E-state index is 0.471. The van der Waals surface area contributed by atoms with E-state index >= 15 is 0 Å². The quantitative estimate of drug-likeness (QED) is 0.195. The summed E-state index contributed by atoms with van der Waals surface area (Å²) in [5, 5.41) is 5.05. The second-order valence-corrected chi connectivity index (χ2v) is 13.5. The molecule has 220 valence electrons. The predicted octanol–water partition coefficient (Wildman–Crippen LogP) is 12.3. The first kappa shape index (κ1) is 26.6. The molecule has 0 saturated heterocycles. The zero-order valence-electron chi connectivity index (χ0n) is 25.6. The average Bonchev–Trinajstić information content (AvgIpc) is 3.42. The first-order valence-electron chi connectivity index (χ1n) is 16.2. The molecule has 2 aliphatic rings. The summed E-state index contributed by atoms with van der Waals surface area (Å²) in [4.78, 5) is 5.08. The molecule has 0 bridgehead atoms. The molecular weight excluding hydrogens is 587 g/mol. The molecule has 1 heterocycles. The van der Waals surface area contributed by atoms with Crippen LogP contribution in [0.2, 0.25) is 0 Å². The van der Waals surface area contributed by atoms with Crippen LogP contribution >= 0.6 is 11.8 Å². The number of benzene rings is 8. The highest BCUT2D eigenvalue weighted by molar-refractivity contribution is 7.99. The maximum absolute atomic E-state index is 2.49. The van der Waals surface area contributed by atoms with E-state index in [4.69, 9.17) is 0 Å². The van der Waals surface area contributed by atoms with Gasteiger partial charge in [-0.3, -0.25) is 0 Å². The molecule has 47 heavy (non-hydrogen) atoms. The summed E-state index contributed by atoms with van der Waals surface area (Å²) in [5.41, 5.74) is 11.0. The Labute approximate surface area is 278 Å². The zero-order chi connectivity index (χ0) is 31.0. The summed E-state index contributed by atoms with van der Waals surface area (Å²) < 4.78 is 0. The highest BCUT2D eigenvalue weighted by Gasteiger charge is 2.51. The lowest BCUT2D eigenvalue weighted by Gasteiger charge is -2.41. The molecule has 8 aromatic carbocycles. The fourth-order valence-corrected chi connectivity index (χ4v) is 9.43. The van der Waals surface area contributed by atoms with Crippen molar-refractivity contribution in [1.82, 2.24) is 0 Å². The number of hydrogen-bond acceptors (Lipinski definition) is 2. The Morgan fingerprint density at radius 2 is 1.06 bits per heavy atom. The van der Waals surface area contributed by atoms with Crippen LogP contribution < -0.4 is 4.90 Å². The molecule has 1 atom stereocenters. The van der Waals surface area contributed by atoms with Crippen LogP contribution in [0.1, 0.15) is 22.3 Å². The Morgan fingerprint density at radius 3 is 1.94 bits per heavy atom. The maximum atomic E-state index is 2.49. The smallest absolute Gasteiger partial charge is 0.0742 e. The van der Waals surface area contributed by atoms with E-state index in [-0.39, 0.29) is 0 Å². The Bertz CT molecular complexity index is 2510. The van der Waals surface area contributed by atoms with Crippen LogP contribution in [0.3, 0.4) is 0 Å². The van der Waals surface area contributed by atoms with Gasteiger partial charge in [-0.05, 0) is 92.0 Å². The first-order chi connectivity index (χ1) is 23.3. The molecular formula is C45H29NS. The number of hydrogen-bond donors (Lipinski definition) is 0. The largest absolute Gasteiger partial charge is 0.310 e. The molecule has 2 heteroatoms. The van der Waals surface area contributed by atoms with Gasteiger partial charge in [0.2, 0.25) is 0 Å². The lowest BCUT2D eigenvalue weighted by atomic mass is 9.66. The number of rotatable bonds is 3. The van der Waals surface area contributed by atoms with Gasteiger partial charge in [0, 0.05) is 26.6 Å². The van der Waals surface area contributed by atoms with Crippen LogP contribution in [0.4, 0.5) is 17.1 Å². The van der Waals surface area contributed by atoms with Crippen molar-refractivity contribution in [3.63, 3.8) is 0 Å². The van der Waals surface area contributed by atoms with Crippen molar-refractivity contribution in [3.05, 3.63) is 198 Å². The summed E-state index contributed by atoms with van der Waals surface area (Å²) in [6.45, 7) is 0. The van der Waals surface area contributed by atoms with Gasteiger partial charge in [-0.1, -0.05) is 145 Å². The molecule has 1 nitrogen and oxygen atoms in total. The molecule has 0 radical (unpaired) electrons. The minimum Gasteiger partial charge on any atom is -0.310 e. The van der Waals surface area contributed by atoms with Gasteiger partial charge in [0.1, 0.15) is 0 Å². The second kappa shape index (κ2) is 10.2. The van der Waals surface area contributed by atoms with E-state index in [0.717, 1.165) is 11.4 Å². The SMILES string of the molecule is c1ccc(N(c2ccc3c(c2)C2(c4ccccc4Sc4ccc5ccccc5c42)c2ccccc2-3)c2cccc3ccccc23)cc1. The average molecular weight is 616 g/mol. The van der Waals surface area contributed by atoms with Crippen molar-refractivity contribution in [2.45, 2.75) is 15.2 Å². The number of nitrogens with zero attached hydrogens (tertiary/aromatic N) is 1. The molecule has 0 N–H and O–H groups in total. The standard InChI is InChI=1S/C45H29NS/c1-2-16-32(17-3-1)46(41-23-12-15-30-13-4-6-18-34(30)41)33-26-27-37-36-20-8-9-21-38(36)45(40(37)29-33)39-22-10-11-24-42(39)47-43-28-25-31-14-5-7-19-35(31)44(43)45/h1-29H. The summed E-state index contributed by atoms with van der Waals surface area (Å²) in [7, 11) is 0. The van der Waals surface area contributed by atoms with E-state index < -0.39 is 5.41 Å². The Kier molecular flexibility index (Phi) is 5.79. The number of fused-ring (bicyclic) bond motifs is 12. The third-order valence-electron chi connectivity index (χ3n) is 10.1. The second-order valence-electron chi connectivity index (χ2n) is 12.5. The van der Waals surface area contributed by atoms with Gasteiger partial charge in [0.15, 0.2) is 0 Å². The van der Waals surface area contributed by atoms with Gasteiger partial charge >= 0.3 is 0 Å². The highest BCUT2D eigenvalue weighted by Crippen LogP contribution is 2.64. The summed E-state index contributed by atoms with van der Waals surface area (Å²) >= 11 is 1.90. The molecule has 0 fully saturated rings. The van der Waals surface area contributed by atoms with E-state index in [2.05, 4.69) is 181 Å². The highest BCUT2D eigenvalue weighted by atomic mass is 32.2. The fraction of sp³-hybridized carbons (Fsp3) is 0.0222. The molecule has 8 aromatic rings. The molecule has 1 spiro atoms.